The predicted octanol–water partition coefficient (Wildman–Crippen LogP) is 3.46. The number of aromatic nitrogens is 2. The van der Waals surface area contributed by atoms with Crippen molar-refractivity contribution in [3.63, 3.8) is 0 Å². The van der Waals surface area contributed by atoms with Crippen LogP contribution in [0.1, 0.15) is 76.4 Å². The zero-order valence-electron chi connectivity index (χ0n) is 12.9. The molecule has 2 bridgehead atoms. The van der Waals surface area contributed by atoms with E-state index in [1.807, 2.05) is 0 Å². The van der Waals surface area contributed by atoms with Crippen molar-refractivity contribution in [1.29, 1.82) is 0 Å². The fraction of sp³-hybridized carbons (Fsp3) is 0.875. The number of nitrogens with zero attached hydrogens (tertiary/aromatic N) is 2. The molecule has 20 heavy (non-hydrogen) atoms. The van der Waals surface area contributed by atoms with Crippen LogP contribution >= 0.6 is 0 Å². The number of fused-ring (bicyclic) bond motifs is 2. The summed E-state index contributed by atoms with van der Waals surface area (Å²) in [5.74, 6) is 4.37. The minimum atomic E-state index is 0.279. The minimum Gasteiger partial charge on any atom is -0.339 e. The standard InChI is InChI=1S/C16H27N3O/c1-4-7-17-11(3)10(2)16-18-15(19-20-16)14-9-12-5-6-13(14)8-12/h10-14,17H,4-9H2,1-3H3. The van der Waals surface area contributed by atoms with Crippen LogP contribution in [-0.2, 0) is 0 Å². The van der Waals surface area contributed by atoms with Crippen LogP contribution in [0.3, 0.4) is 0 Å². The van der Waals surface area contributed by atoms with Gasteiger partial charge in [0.05, 0.1) is 5.92 Å². The van der Waals surface area contributed by atoms with Crippen molar-refractivity contribution < 1.29 is 4.52 Å². The highest BCUT2D eigenvalue weighted by molar-refractivity contribution is 5.08. The number of hydrogen-bond donors (Lipinski definition) is 1. The van der Waals surface area contributed by atoms with E-state index < -0.39 is 0 Å². The molecule has 2 aliphatic rings. The molecule has 112 valence electrons. The summed E-state index contributed by atoms with van der Waals surface area (Å²) in [4.78, 5) is 4.72. The highest BCUT2D eigenvalue weighted by Gasteiger charge is 2.42. The summed E-state index contributed by atoms with van der Waals surface area (Å²) < 4.78 is 5.55. The fourth-order valence-corrected chi connectivity index (χ4v) is 3.91. The first-order valence-corrected chi connectivity index (χ1v) is 8.26. The summed E-state index contributed by atoms with van der Waals surface area (Å²) in [5.41, 5.74) is 0. The second kappa shape index (κ2) is 5.84. The fourth-order valence-electron chi connectivity index (χ4n) is 3.91. The molecule has 1 aromatic heterocycles. The molecule has 5 atom stereocenters. The van der Waals surface area contributed by atoms with E-state index >= 15 is 0 Å². The van der Waals surface area contributed by atoms with E-state index in [-0.39, 0.29) is 5.92 Å². The first-order chi connectivity index (χ1) is 9.69. The lowest BCUT2D eigenvalue weighted by atomic mass is 9.88. The van der Waals surface area contributed by atoms with Crippen molar-refractivity contribution >= 4 is 0 Å². The second-order valence-electron chi connectivity index (χ2n) is 6.80. The van der Waals surface area contributed by atoms with Crippen molar-refractivity contribution in [1.82, 2.24) is 15.5 Å². The van der Waals surface area contributed by atoms with Gasteiger partial charge in [0.2, 0.25) is 5.89 Å². The smallest absolute Gasteiger partial charge is 0.231 e. The van der Waals surface area contributed by atoms with Gasteiger partial charge >= 0.3 is 0 Å². The van der Waals surface area contributed by atoms with Gasteiger partial charge in [0, 0.05) is 12.0 Å². The largest absolute Gasteiger partial charge is 0.339 e. The Bertz CT molecular complexity index is 445. The van der Waals surface area contributed by atoms with Gasteiger partial charge in [-0.15, -0.1) is 0 Å². The molecule has 1 heterocycles. The number of hydrogen-bond acceptors (Lipinski definition) is 4. The molecule has 3 rings (SSSR count). The zero-order chi connectivity index (χ0) is 14.1. The predicted molar refractivity (Wildman–Crippen MR) is 78.7 cm³/mol. The van der Waals surface area contributed by atoms with Crippen molar-refractivity contribution in [2.45, 2.75) is 70.8 Å². The maximum Gasteiger partial charge on any atom is 0.231 e. The van der Waals surface area contributed by atoms with E-state index in [2.05, 4.69) is 31.2 Å². The zero-order valence-corrected chi connectivity index (χ0v) is 12.9. The summed E-state index contributed by atoms with van der Waals surface area (Å²) >= 11 is 0. The Labute approximate surface area is 121 Å². The van der Waals surface area contributed by atoms with Gasteiger partial charge in [-0.2, -0.15) is 4.98 Å². The van der Waals surface area contributed by atoms with Crippen LogP contribution in [0.15, 0.2) is 4.52 Å². The highest BCUT2D eigenvalue weighted by Crippen LogP contribution is 2.52. The van der Waals surface area contributed by atoms with E-state index in [0.717, 1.165) is 36.5 Å². The Morgan fingerprint density at radius 2 is 2.15 bits per heavy atom. The maximum absolute atomic E-state index is 5.55. The van der Waals surface area contributed by atoms with Gasteiger partial charge < -0.3 is 9.84 Å². The third-order valence-electron chi connectivity index (χ3n) is 5.38. The normalized spacial score (nSPS) is 31.6. The molecule has 0 aromatic carbocycles. The van der Waals surface area contributed by atoms with Crippen LogP contribution in [0, 0.1) is 11.8 Å². The topological polar surface area (TPSA) is 51.0 Å². The monoisotopic (exact) mass is 277 g/mol. The summed E-state index contributed by atoms with van der Waals surface area (Å²) in [6.07, 6.45) is 6.60. The van der Waals surface area contributed by atoms with Crippen LogP contribution < -0.4 is 5.32 Å². The highest BCUT2D eigenvalue weighted by atomic mass is 16.5. The van der Waals surface area contributed by atoms with Crippen LogP contribution in [0.5, 0.6) is 0 Å². The SMILES string of the molecule is CCCNC(C)C(C)c1nc(C2CC3CCC2C3)no1. The molecule has 1 N–H and O–H groups in total. The average molecular weight is 277 g/mol. The molecule has 0 amide bonds. The van der Waals surface area contributed by atoms with E-state index in [9.17, 15) is 0 Å². The Balaban J connectivity index is 1.64. The van der Waals surface area contributed by atoms with E-state index in [0.29, 0.717) is 12.0 Å². The first kappa shape index (κ1) is 14.1. The Kier molecular flexibility index (Phi) is 4.11. The van der Waals surface area contributed by atoms with Crippen molar-refractivity contribution in [3.8, 4) is 0 Å². The number of nitrogens with one attached hydrogen (secondary N) is 1. The van der Waals surface area contributed by atoms with Gasteiger partial charge in [-0.1, -0.05) is 25.4 Å². The lowest BCUT2D eigenvalue weighted by Gasteiger charge is -2.18. The Morgan fingerprint density at radius 1 is 1.30 bits per heavy atom. The minimum absolute atomic E-state index is 0.279. The molecule has 0 saturated heterocycles. The van der Waals surface area contributed by atoms with Gasteiger partial charge in [0.1, 0.15) is 0 Å². The average Bonchev–Trinajstić information content (AvgIpc) is 3.18. The molecular formula is C16H27N3O. The van der Waals surface area contributed by atoms with E-state index in [1.54, 1.807) is 0 Å². The first-order valence-electron chi connectivity index (χ1n) is 8.26. The molecular weight excluding hydrogens is 250 g/mol. The van der Waals surface area contributed by atoms with Crippen molar-refractivity contribution in [2.24, 2.45) is 11.8 Å². The summed E-state index contributed by atoms with van der Waals surface area (Å²) in [6, 6.07) is 0.378. The molecule has 4 nitrogen and oxygen atoms in total. The Morgan fingerprint density at radius 3 is 2.80 bits per heavy atom. The van der Waals surface area contributed by atoms with Crippen molar-refractivity contribution in [3.05, 3.63) is 11.7 Å². The number of rotatable bonds is 6. The Hall–Kier alpha value is -0.900. The third-order valence-corrected chi connectivity index (χ3v) is 5.38. The van der Waals surface area contributed by atoms with Gasteiger partial charge in [-0.05, 0) is 51.0 Å². The molecule has 2 saturated carbocycles. The van der Waals surface area contributed by atoms with E-state index in [4.69, 9.17) is 9.51 Å². The summed E-state index contributed by atoms with van der Waals surface area (Å²) in [6.45, 7) is 7.59. The second-order valence-corrected chi connectivity index (χ2v) is 6.80. The molecule has 1 aromatic rings. The molecule has 0 aliphatic heterocycles. The van der Waals surface area contributed by atoms with Gasteiger partial charge in [-0.25, -0.2) is 0 Å². The van der Waals surface area contributed by atoms with Gasteiger partial charge in [0.25, 0.3) is 0 Å². The van der Waals surface area contributed by atoms with Crippen LogP contribution in [0.4, 0.5) is 0 Å². The summed E-state index contributed by atoms with van der Waals surface area (Å²) in [5, 5.41) is 7.80. The van der Waals surface area contributed by atoms with Crippen LogP contribution in [-0.4, -0.2) is 22.7 Å². The molecule has 5 unspecified atom stereocenters. The third kappa shape index (κ3) is 2.62. The molecule has 0 spiro atoms. The molecule has 0 radical (unpaired) electrons. The maximum atomic E-state index is 5.55. The van der Waals surface area contributed by atoms with Crippen LogP contribution in [0.25, 0.3) is 0 Å². The van der Waals surface area contributed by atoms with Gasteiger partial charge in [-0.3, -0.25) is 0 Å². The lowest BCUT2D eigenvalue weighted by molar-refractivity contribution is 0.321. The molecule has 4 heteroatoms. The quantitative estimate of drug-likeness (QED) is 0.865. The van der Waals surface area contributed by atoms with Gasteiger partial charge in [0.15, 0.2) is 5.82 Å². The lowest BCUT2D eigenvalue weighted by Crippen LogP contribution is -2.31. The van der Waals surface area contributed by atoms with E-state index in [1.165, 1.54) is 25.7 Å². The molecule has 2 aliphatic carbocycles. The molecule has 2 fully saturated rings. The van der Waals surface area contributed by atoms with Crippen molar-refractivity contribution in [2.75, 3.05) is 6.54 Å². The van der Waals surface area contributed by atoms with Crippen LogP contribution in [0.2, 0.25) is 0 Å². The summed E-state index contributed by atoms with van der Waals surface area (Å²) in [7, 11) is 0.